The molecule has 50 heavy (non-hydrogen) atoms. The van der Waals surface area contributed by atoms with E-state index in [1.165, 1.54) is 32.5 Å². The van der Waals surface area contributed by atoms with Crippen LogP contribution in [0.5, 0.6) is 0 Å². The van der Waals surface area contributed by atoms with E-state index in [0.29, 0.717) is 12.1 Å². The Hall–Kier alpha value is -5.17. The van der Waals surface area contributed by atoms with Crippen LogP contribution in [0.1, 0.15) is 38.8 Å². The second kappa shape index (κ2) is 14.0. The van der Waals surface area contributed by atoms with Gasteiger partial charge in [-0.15, -0.1) is 11.8 Å². The number of aliphatic carboxylic acids is 2. The van der Waals surface area contributed by atoms with Crippen molar-refractivity contribution in [2.45, 2.75) is 67.7 Å². The fourth-order valence-corrected chi connectivity index (χ4v) is 7.98. The fraction of sp³-hybridized carbons (Fsp3) is 0.484. The van der Waals surface area contributed by atoms with Crippen LogP contribution in [-0.2, 0) is 38.3 Å². The number of ether oxygens (including phenoxy) is 1. The summed E-state index contributed by atoms with van der Waals surface area (Å²) in [5, 5.41) is 31.7. The molecule has 0 bridgehead atoms. The van der Waals surface area contributed by atoms with Gasteiger partial charge in [0.25, 0.3) is 0 Å². The highest BCUT2D eigenvalue weighted by Gasteiger charge is 2.64. The van der Waals surface area contributed by atoms with Crippen molar-refractivity contribution in [3.63, 3.8) is 0 Å². The molecule has 0 radical (unpaired) electrons. The second-order valence-corrected chi connectivity index (χ2v) is 14.1. The molecule has 0 saturated carbocycles. The number of hydrogen-bond acceptors (Lipinski definition) is 11. The van der Waals surface area contributed by atoms with Crippen LogP contribution in [0.2, 0.25) is 0 Å². The number of carboxylic acids is 2. The molecule has 5 fully saturated rings. The molecule has 6 rings (SSSR count). The molecule has 5 saturated heterocycles. The van der Waals surface area contributed by atoms with Crippen molar-refractivity contribution < 1.29 is 58.4 Å². The fourth-order valence-electron chi connectivity index (χ4n) is 6.36. The molecule has 1 aromatic carbocycles. The molecule has 7 amide bonds. The Morgan fingerprint density at radius 1 is 1.02 bits per heavy atom. The van der Waals surface area contributed by atoms with Crippen LogP contribution in [-0.4, -0.2) is 143 Å². The van der Waals surface area contributed by atoms with Gasteiger partial charge in [0.2, 0.25) is 17.7 Å². The maximum atomic E-state index is 13.3. The van der Waals surface area contributed by atoms with E-state index in [2.05, 4.69) is 10.6 Å². The van der Waals surface area contributed by atoms with Crippen LogP contribution >= 0.6 is 11.8 Å². The summed E-state index contributed by atoms with van der Waals surface area (Å²) in [6.45, 7) is 5.38. The molecule has 0 spiro atoms. The smallest absolute Gasteiger partial charge is 0.334 e. The Morgan fingerprint density at radius 2 is 1.70 bits per heavy atom. The molecule has 18 nitrogen and oxygen atoms in total. The van der Waals surface area contributed by atoms with Crippen molar-refractivity contribution >= 4 is 59.3 Å². The number of amides is 7. The summed E-state index contributed by atoms with van der Waals surface area (Å²) in [6.07, 6.45) is 1.03. The number of benzene rings is 1. The van der Waals surface area contributed by atoms with Gasteiger partial charge in [-0.1, -0.05) is 30.3 Å². The minimum absolute atomic E-state index is 0.0200. The topological polar surface area (TPSA) is 243 Å². The van der Waals surface area contributed by atoms with E-state index in [4.69, 9.17) is 14.9 Å². The molecule has 19 heteroatoms. The minimum Gasteiger partial charge on any atom is -0.480 e. The summed E-state index contributed by atoms with van der Waals surface area (Å²) < 4.78 is 4.41. The van der Waals surface area contributed by atoms with Crippen molar-refractivity contribution in [2.24, 2.45) is 0 Å². The van der Waals surface area contributed by atoms with Crippen LogP contribution in [0.15, 0.2) is 42.2 Å². The minimum atomic E-state index is -1.26. The number of fused-ring (bicyclic) bond motifs is 2. The van der Waals surface area contributed by atoms with Crippen LogP contribution in [0.3, 0.4) is 0 Å². The van der Waals surface area contributed by atoms with E-state index >= 15 is 0 Å². The zero-order valence-corrected chi connectivity index (χ0v) is 28.0. The summed E-state index contributed by atoms with van der Waals surface area (Å²) in [6, 6.07) is 3.05. The number of carbonyl (C=O) groups excluding carboxylic acids is 6. The maximum absolute atomic E-state index is 13.3. The van der Waals surface area contributed by atoms with Crippen LogP contribution in [0.25, 0.3) is 0 Å². The first-order valence-electron chi connectivity index (χ1n) is 15.6. The molecule has 5 heterocycles. The number of hydrogen-bond donors (Lipinski definition) is 5. The third-order valence-corrected chi connectivity index (χ3v) is 10.4. The first-order valence-corrected chi connectivity index (χ1v) is 16.5. The number of imide groups is 1. The molecule has 0 aromatic heterocycles. The Morgan fingerprint density at radius 3 is 2.28 bits per heavy atom. The Bertz CT molecular complexity index is 1650. The molecule has 0 unspecified atom stereocenters. The number of nitrogens with zero attached hydrogens (tertiary/aromatic N) is 4. The van der Waals surface area contributed by atoms with Gasteiger partial charge >= 0.3 is 29.8 Å². The zero-order valence-electron chi connectivity index (χ0n) is 27.2. The summed E-state index contributed by atoms with van der Waals surface area (Å²) in [5.41, 5.74) is 0.403. The van der Waals surface area contributed by atoms with E-state index in [0.717, 1.165) is 4.90 Å². The highest BCUT2D eigenvalue weighted by atomic mass is 32.2. The normalized spacial score (nSPS) is 27.6. The predicted molar refractivity (Wildman–Crippen MR) is 170 cm³/mol. The summed E-state index contributed by atoms with van der Waals surface area (Å²) >= 11 is 1.28. The molecule has 6 atom stereocenters. The predicted octanol–water partition coefficient (Wildman–Crippen LogP) is -1.34. The average Bonchev–Trinajstić information content (AvgIpc) is 3.51. The number of thioether (sulfide) groups is 1. The van der Waals surface area contributed by atoms with Crippen LogP contribution < -0.4 is 10.6 Å². The zero-order chi connectivity index (χ0) is 36.7. The molecule has 5 aliphatic heterocycles. The van der Waals surface area contributed by atoms with E-state index in [9.17, 15) is 43.5 Å². The average molecular weight is 717 g/mol. The summed E-state index contributed by atoms with van der Waals surface area (Å²) in [7, 11) is 0. The summed E-state index contributed by atoms with van der Waals surface area (Å²) in [5.74, 6) is -5.34. The van der Waals surface area contributed by atoms with Gasteiger partial charge < -0.3 is 40.5 Å². The molecule has 5 aliphatic rings. The lowest BCUT2D eigenvalue weighted by Gasteiger charge is -2.44. The molecule has 5 N–H and O–H groups in total. The largest absolute Gasteiger partial charge is 0.480 e. The lowest BCUT2D eigenvalue weighted by Crippen LogP contribution is -2.71. The molecule has 268 valence electrons. The van der Waals surface area contributed by atoms with Gasteiger partial charge in [-0.05, 0) is 32.4 Å². The molecular formula is C31H36N6O12S. The standard InChI is InChI=1S/C23H27N5O7S.C8H9NO5/c1-4-26-10-11-27(19(32)18(26)31)22(35)25-13(12-8-6-5-7-9-12)16(29)24-14-17(30)28-15(21(33)34)23(2,3)36-20(14)28;10-2-1-4-7(8(12)13)9-5(11)3-6(9)14-4/h5-9,13-15,20H,4,10-11H2,1-3H3,(H,24,29)(H,25,35)(H,33,34);1,6-7,10H,2-3H2,(H,12,13)/b;4-1-/t13-,14-,15+,20-;6-,7-/m11/s1. The van der Waals surface area contributed by atoms with Gasteiger partial charge in [-0.2, -0.15) is 0 Å². The number of carbonyl (C=O) groups is 8. The van der Waals surface area contributed by atoms with E-state index in [1.54, 1.807) is 51.1 Å². The van der Waals surface area contributed by atoms with Crippen molar-refractivity contribution in [1.29, 1.82) is 0 Å². The van der Waals surface area contributed by atoms with Crippen molar-refractivity contribution in [3.05, 3.63) is 47.7 Å². The van der Waals surface area contributed by atoms with Crippen molar-refractivity contribution in [1.82, 2.24) is 30.2 Å². The highest BCUT2D eigenvalue weighted by molar-refractivity contribution is 8.01. The first-order chi connectivity index (χ1) is 23.6. The van der Waals surface area contributed by atoms with E-state index in [1.807, 2.05) is 0 Å². The third kappa shape index (κ3) is 6.45. The number of nitrogens with one attached hydrogen (secondary N) is 2. The van der Waals surface area contributed by atoms with Gasteiger partial charge in [-0.25, -0.2) is 14.4 Å². The van der Waals surface area contributed by atoms with E-state index in [-0.39, 0.29) is 37.8 Å². The van der Waals surface area contributed by atoms with E-state index < -0.39 is 82.1 Å². The Kier molecular flexibility index (Phi) is 10.1. The number of rotatable bonds is 8. The highest BCUT2D eigenvalue weighted by Crippen LogP contribution is 2.50. The summed E-state index contributed by atoms with van der Waals surface area (Å²) in [4.78, 5) is 102. The van der Waals surface area contributed by atoms with Crippen molar-refractivity contribution in [3.8, 4) is 0 Å². The number of urea groups is 1. The molecule has 1 aromatic rings. The maximum Gasteiger partial charge on any atom is 0.334 e. The SMILES string of the molecule is CCN1CCN(C(=O)N[C@@H](C(=O)N[C@@H]2C(=O)N3[C@@H]2SC(C)(C)[C@@H]3C(=O)O)c2ccccc2)C(=O)C1=O.O=C(O)[C@H]1/C(=C/CO)O[C@@H]2CC(=O)N21. The van der Waals surface area contributed by atoms with Gasteiger partial charge in [0.05, 0.1) is 13.0 Å². The second-order valence-electron chi connectivity index (χ2n) is 12.3. The molecule has 0 aliphatic carbocycles. The quantitative estimate of drug-likeness (QED) is 0.155. The Balaban J connectivity index is 0.000000288. The first kappa shape index (κ1) is 36.1. The number of β-lactam (4-membered cyclic amide) rings is 2. The molecular weight excluding hydrogens is 680 g/mol. The van der Waals surface area contributed by atoms with Gasteiger partial charge in [0.1, 0.15) is 29.3 Å². The lowest BCUT2D eigenvalue weighted by molar-refractivity contribution is -0.163. The number of carboxylic acid groups (broad SMARTS) is 2. The number of aliphatic hydroxyl groups is 1. The van der Waals surface area contributed by atoms with Crippen molar-refractivity contribution in [2.75, 3.05) is 26.2 Å². The third-order valence-electron chi connectivity index (χ3n) is 8.86. The van der Waals surface area contributed by atoms with Gasteiger partial charge in [-0.3, -0.25) is 33.8 Å². The Labute approximate surface area is 289 Å². The number of piperazine rings is 1. The monoisotopic (exact) mass is 716 g/mol. The van der Waals surface area contributed by atoms with Crippen LogP contribution in [0, 0.1) is 0 Å². The van der Waals surface area contributed by atoms with Crippen LogP contribution in [0.4, 0.5) is 4.79 Å². The van der Waals surface area contributed by atoms with Gasteiger partial charge in [0, 0.05) is 24.4 Å². The number of aliphatic hydroxyl groups excluding tert-OH is 1. The van der Waals surface area contributed by atoms with Gasteiger partial charge in [0.15, 0.2) is 12.3 Å². The number of likely N-dealkylation sites (N-methyl/N-ethyl adjacent to an activating group) is 1. The lowest BCUT2D eigenvalue weighted by atomic mass is 9.95.